The van der Waals surface area contributed by atoms with Crippen LogP contribution < -0.4 is 11.1 Å². The molecule has 0 atom stereocenters. The SMILES string of the molecule is CC(C)CNC(=O)Cn1cccc1C(N)=S. The molecule has 0 aromatic carbocycles. The zero-order chi connectivity index (χ0) is 12.1. The van der Waals surface area contributed by atoms with Gasteiger partial charge in [0.2, 0.25) is 5.91 Å². The molecule has 1 aromatic heterocycles. The number of nitrogens with two attached hydrogens (primary N) is 1. The van der Waals surface area contributed by atoms with E-state index in [1.54, 1.807) is 16.8 Å². The van der Waals surface area contributed by atoms with Crippen LogP contribution >= 0.6 is 12.2 Å². The topological polar surface area (TPSA) is 60.0 Å². The Morgan fingerprint density at radius 3 is 2.88 bits per heavy atom. The quantitative estimate of drug-likeness (QED) is 0.750. The van der Waals surface area contributed by atoms with Crippen molar-refractivity contribution in [2.75, 3.05) is 6.54 Å². The number of nitrogens with one attached hydrogen (secondary N) is 1. The van der Waals surface area contributed by atoms with Crippen molar-refractivity contribution in [1.82, 2.24) is 9.88 Å². The predicted octanol–water partition coefficient (Wildman–Crippen LogP) is 0.894. The van der Waals surface area contributed by atoms with E-state index in [1.165, 1.54) is 0 Å². The van der Waals surface area contributed by atoms with Gasteiger partial charge in [0, 0.05) is 12.7 Å². The summed E-state index contributed by atoms with van der Waals surface area (Å²) in [5.74, 6) is 0.422. The van der Waals surface area contributed by atoms with Gasteiger partial charge in [0.05, 0.1) is 5.69 Å². The molecular weight excluding hydrogens is 222 g/mol. The number of thiocarbonyl (C=S) groups is 1. The van der Waals surface area contributed by atoms with Crippen LogP contribution in [0.15, 0.2) is 18.3 Å². The van der Waals surface area contributed by atoms with Crippen LogP contribution in [-0.4, -0.2) is 22.0 Å². The van der Waals surface area contributed by atoms with Crippen LogP contribution in [0, 0.1) is 5.92 Å². The van der Waals surface area contributed by atoms with Crippen molar-refractivity contribution in [3.63, 3.8) is 0 Å². The van der Waals surface area contributed by atoms with Crippen LogP contribution in [0.2, 0.25) is 0 Å². The molecule has 0 bridgehead atoms. The Hall–Kier alpha value is -1.36. The number of amides is 1. The minimum Gasteiger partial charge on any atom is -0.388 e. The first-order valence-electron chi connectivity index (χ1n) is 5.22. The van der Waals surface area contributed by atoms with Crippen molar-refractivity contribution in [3.05, 3.63) is 24.0 Å². The fourth-order valence-electron chi connectivity index (χ4n) is 1.30. The number of rotatable bonds is 5. The highest BCUT2D eigenvalue weighted by atomic mass is 32.1. The molecule has 0 spiro atoms. The molecule has 0 fully saturated rings. The Kier molecular flexibility index (Phi) is 4.49. The van der Waals surface area contributed by atoms with Gasteiger partial charge >= 0.3 is 0 Å². The van der Waals surface area contributed by atoms with Gasteiger partial charge in [0.1, 0.15) is 11.5 Å². The fourth-order valence-corrected chi connectivity index (χ4v) is 1.49. The molecule has 1 heterocycles. The van der Waals surface area contributed by atoms with E-state index < -0.39 is 0 Å². The summed E-state index contributed by atoms with van der Waals surface area (Å²) in [4.78, 5) is 11.9. The molecule has 0 radical (unpaired) electrons. The van der Waals surface area contributed by atoms with Gasteiger partial charge < -0.3 is 15.6 Å². The number of aromatic nitrogens is 1. The Bertz CT molecular complexity index is 384. The largest absolute Gasteiger partial charge is 0.388 e. The third-order valence-electron chi connectivity index (χ3n) is 2.10. The van der Waals surface area contributed by atoms with Gasteiger partial charge in [-0.05, 0) is 18.1 Å². The summed E-state index contributed by atoms with van der Waals surface area (Å²) in [5, 5.41) is 2.84. The average molecular weight is 239 g/mol. The third-order valence-corrected chi connectivity index (χ3v) is 2.31. The Morgan fingerprint density at radius 2 is 2.31 bits per heavy atom. The van der Waals surface area contributed by atoms with E-state index in [4.69, 9.17) is 18.0 Å². The second-order valence-corrected chi connectivity index (χ2v) is 4.52. The molecule has 1 amide bonds. The number of hydrogen-bond acceptors (Lipinski definition) is 2. The van der Waals surface area contributed by atoms with Gasteiger partial charge in [0.15, 0.2) is 0 Å². The van der Waals surface area contributed by atoms with E-state index >= 15 is 0 Å². The molecule has 0 saturated heterocycles. The van der Waals surface area contributed by atoms with Gasteiger partial charge in [-0.2, -0.15) is 0 Å². The van der Waals surface area contributed by atoms with Crippen molar-refractivity contribution in [2.45, 2.75) is 20.4 Å². The van der Waals surface area contributed by atoms with Crippen molar-refractivity contribution < 1.29 is 4.79 Å². The van der Waals surface area contributed by atoms with Crippen LogP contribution in [0.5, 0.6) is 0 Å². The summed E-state index contributed by atoms with van der Waals surface area (Å²) in [6.45, 7) is 5.04. The van der Waals surface area contributed by atoms with Crippen LogP contribution in [0.1, 0.15) is 19.5 Å². The van der Waals surface area contributed by atoms with Crippen molar-refractivity contribution in [1.29, 1.82) is 0 Å². The molecule has 16 heavy (non-hydrogen) atoms. The Balaban J connectivity index is 2.56. The monoisotopic (exact) mass is 239 g/mol. The highest BCUT2D eigenvalue weighted by molar-refractivity contribution is 7.80. The molecule has 4 nitrogen and oxygen atoms in total. The highest BCUT2D eigenvalue weighted by Crippen LogP contribution is 2.01. The summed E-state index contributed by atoms with van der Waals surface area (Å²) in [6.07, 6.45) is 1.80. The molecule has 0 aliphatic carbocycles. The molecule has 0 aliphatic rings. The fraction of sp³-hybridized carbons (Fsp3) is 0.455. The standard InChI is InChI=1S/C11H17N3OS/c1-8(2)6-13-10(15)7-14-5-3-4-9(14)11(12)16/h3-5,8H,6-7H2,1-2H3,(H2,12,16)(H,13,15). The summed E-state index contributed by atoms with van der Waals surface area (Å²) < 4.78 is 1.75. The Labute approximate surface area is 101 Å². The van der Waals surface area contributed by atoms with E-state index in [2.05, 4.69) is 19.2 Å². The minimum absolute atomic E-state index is 0.0256. The predicted molar refractivity (Wildman–Crippen MR) is 68.2 cm³/mol. The minimum atomic E-state index is -0.0256. The summed E-state index contributed by atoms with van der Waals surface area (Å²) in [5.41, 5.74) is 6.25. The van der Waals surface area contributed by atoms with Gasteiger partial charge in [-0.25, -0.2) is 0 Å². The third kappa shape index (κ3) is 3.66. The first-order chi connectivity index (χ1) is 7.50. The lowest BCUT2D eigenvalue weighted by molar-refractivity contribution is -0.121. The molecule has 0 aliphatic heterocycles. The summed E-state index contributed by atoms with van der Waals surface area (Å²) in [7, 11) is 0. The second kappa shape index (κ2) is 5.65. The zero-order valence-corrected chi connectivity index (χ0v) is 10.4. The van der Waals surface area contributed by atoms with E-state index in [0.717, 1.165) is 5.69 Å². The number of hydrogen-bond donors (Lipinski definition) is 2. The molecule has 1 aromatic rings. The van der Waals surface area contributed by atoms with Crippen LogP contribution in [0.3, 0.4) is 0 Å². The van der Waals surface area contributed by atoms with Gasteiger partial charge in [-0.15, -0.1) is 0 Å². The molecule has 88 valence electrons. The van der Waals surface area contributed by atoms with Crippen LogP contribution in [-0.2, 0) is 11.3 Å². The van der Waals surface area contributed by atoms with Crippen LogP contribution in [0.4, 0.5) is 0 Å². The number of carbonyl (C=O) groups is 1. The lowest BCUT2D eigenvalue weighted by Gasteiger charge is -2.10. The first kappa shape index (κ1) is 12.7. The number of carbonyl (C=O) groups excluding carboxylic acids is 1. The normalized spacial score (nSPS) is 10.4. The molecular formula is C11H17N3OS. The average Bonchev–Trinajstić information content (AvgIpc) is 2.62. The summed E-state index contributed by atoms with van der Waals surface area (Å²) in [6, 6.07) is 3.63. The zero-order valence-electron chi connectivity index (χ0n) is 9.56. The lowest BCUT2D eigenvalue weighted by Crippen LogP contribution is -2.31. The van der Waals surface area contributed by atoms with Crippen molar-refractivity contribution in [2.24, 2.45) is 11.7 Å². The maximum absolute atomic E-state index is 11.6. The van der Waals surface area contributed by atoms with E-state index in [-0.39, 0.29) is 12.5 Å². The van der Waals surface area contributed by atoms with Crippen molar-refractivity contribution >= 4 is 23.1 Å². The maximum atomic E-state index is 11.6. The summed E-state index contributed by atoms with van der Waals surface area (Å²) >= 11 is 4.89. The maximum Gasteiger partial charge on any atom is 0.239 e. The second-order valence-electron chi connectivity index (χ2n) is 4.08. The molecule has 5 heteroatoms. The van der Waals surface area contributed by atoms with Gasteiger partial charge in [0.25, 0.3) is 0 Å². The molecule has 0 unspecified atom stereocenters. The molecule has 3 N–H and O–H groups in total. The smallest absolute Gasteiger partial charge is 0.239 e. The van der Waals surface area contributed by atoms with Crippen molar-refractivity contribution in [3.8, 4) is 0 Å². The Morgan fingerprint density at radius 1 is 1.62 bits per heavy atom. The van der Waals surface area contributed by atoms with E-state index in [0.29, 0.717) is 17.5 Å². The van der Waals surface area contributed by atoms with Gasteiger partial charge in [-0.3, -0.25) is 4.79 Å². The van der Waals surface area contributed by atoms with Crippen LogP contribution in [0.25, 0.3) is 0 Å². The van der Waals surface area contributed by atoms with E-state index in [9.17, 15) is 4.79 Å². The highest BCUT2D eigenvalue weighted by Gasteiger charge is 2.07. The molecule has 0 saturated carbocycles. The molecule has 1 rings (SSSR count). The lowest BCUT2D eigenvalue weighted by atomic mass is 10.2. The number of nitrogens with zero attached hydrogens (tertiary/aromatic N) is 1. The van der Waals surface area contributed by atoms with Gasteiger partial charge in [-0.1, -0.05) is 26.1 Å². The first-order valence-corrected chi connectivity index (χ1v) is 5.63. The van der Waals surface area contributed by atoms with E-state index in [1.807, 2.05) is 6.07 Å².